The van der Waals surface area contributed by atoms with E-state index in [1.54, 1.807) is 12.4 Å². The number of fused-ring (bicyclic) bond motifs is 1. The number of rotatable bonds is 6. The van der Waals surface area contributed by atoms with Gasteiger partial charge in [0.1, 0.15) is 5.75 Å². The van der Waals surface area contributed by atoms with Crippen LogP contribution in [-0.4, -0.2) is 39.6 Å². The summed E-state index contributed by atoms with van der Waals surface area (Å²) in [6.07, 6.45) is 10.2. The Balaban J connectivity index is 1.13. The number of nitrogens with zero attached hydrogens (tertiary/aromatic N) is 5. The molecule has 1 aliphatic heterocycles. The molecule has 0 bridgehead atoms. The first-order valence-electron chi connectivity index (χ1n) is 9.87. The summed E-state index contributed by atoms with van der Waals surface area (Å²) in [5, 5.41) is 0. The van der Waals surface area contributed by atoms with Crippen LogP contribution in [0.5, 0.6) is 5.75 Å². The van der Waals surface area contributed by atoms with Crippen LogP contribution in [0.25, 0.3) is 11.3 Å². The highest BCUT2D eigenvalue weighted by atomic mass is 16.5. The van der Waals surface area contributed by atoms with E-state index in [9.17, 15) is 0 Å². The van der Waals surface area contributed by atoms with Crippen molar-refractivity contribution in [2.75, 3.05) is 24.6 Å². The van der Waals surface area contributed by atoms with Crippen LogP contribution in [0.1, 0.15) is 12.5 Å². The molecular formula is C22H23N5O. The Morgan fingerprint density at radius 2 is 1.82 bits per heavy atom. The van der Waals surface area contributed by atoms with Crippen molar-refractivity contribution in [3.8, 4) is 17.0 Å². The third-order valence-electron chi connectivity index (χ3n) is 5.89. The number of hydrogen-bond donors (Lipinski definition) is 0. The molecule has 0 spiro atoms. The average Bonchev–Trinajstić information content (AvgIpc) is 3.22. The van der Waals surface area contributed by atoms with Gasteiger partial charge in [-0.25, -0.2) is 9.97 Å². The number of piperidine rings is 1. The van der Waals surface area contributed by atoms with E-state index >= 15 is 0 Å². The molecule has 1 saturated heterocycles. The molecular weight excluding hydrogens is 350 g/mol. The van der Waals surface area contributed by atoms with E-state index in [-0.39, 0.29) is 0 Å². The smallest absolute Gasteiger partial charge is 0.225 e. The standard InChI is InChI=1S/C22H23N5O/c1-2-15-8-25-22(26-9-15)27-12-18-19(13-27)20(18)14-28-17-5-6-21(24-11-17)16-4-3-7-23-10-16/h3-11,18-20H,2,12-14H2,1H3/t18-,19?,20+/m1/s1. The van der Waals surface area contributed by atoms with Crippen molar-refractivity contribution >= 4 is 5.95 Å². The minimum Gasteiger partial charge on any atom is -0.492 e. The van der Waals surface area contributed by atoms with E-state index in [1.165, 1.54) is 5.56 Å². The first-order valence-corrected chi connectivity index (χ1v) is 9.87. The number of aryl methyl sites for hydroxylation is 1. The lowest BCUT2D eigenvalue weighted by Crippen LogP contribution is -2.27. The van der Waals surface area contributed by atoms with Gasteiger partial charge in [0.2, 0.25) is 5.95 Å². The summed E-state index contributed by atoms with van der Waals surface area (Å²) in [6, 6.07) is 7.90. The fraction of sp³-hybridized carbons (Fsp3) is 0.364. The molecule has 1 aliphatic carbocycles. The van der Waals surface area contributed by atoms with Crippen LogP contribution in [-0.2, 0) is 6.42 Å². The van der Waals surface area contributed by atoms with Crippen LogP contribution in [0.2, 0.25) is 0 Å². The minimum absolute atomic E-state index is 0.629. The molecule has 0 radical (unpaired) electrons. The van der Waals surface area contributed by atoms with Gasteiger partial charge in [-0.3, -0.25) is 9.97 Å². The molecule has 1 saturated carbocycles. The normalized spacial score (nSPS) is 22.8. The van der Waals surface area contributed by atoms with Crippen LogP contribution in [0.3, 0.4) is 0 Å². The van der Waals surface area contributed by atoms with Gasteiger partial charge in [0.05, 0.1) is 18.5 Å². The van der Waals surface area contributed by atoms with Gasteiger partial charge in [0.15, 0.2) is 0 Å². The first-order chi connectivity index (χ1) is 13.8. The zero-order valence-corrected chi connectivity index (χ0v) is 15.9. The predicted molar refractivity (Wildman–Crippen MR) is 107 cm³/mol. The fourth-order valence-electron chi connectivity index (χ4n) is 4.10. The highest BCUT2D eigenvalue weighted by molar-refractivity contribution is 5.57. The maximum absolute atomic E-state index is 6.00. The molecule has 0 N–H and O–H groups in total. The summed E-state index contributed by atoms with van der Waals surface area (Å²) >= 11 is 0. The van der Waals surface area contributed by atoms with Crippen molar-refractivity contribution in [1.29, 1.82) is 0 Å². The fourth-order valence-corrected chi connectivity index (χ4v) is 4.10. The molecule has 3 aromatic rings. The summed E-state index contributed by atoms with van der Waals surface area (Å²) in [5.41, 5.74) is 3.11. The SMILES string of the molecule is CCc1cnc(N2CC3[C@@H](COc4ccc(-c5cccnc5)nc4)[C@@H]3C2)nc1. The third kappa shape index (κ3) is 3.30. The van der Waals surface area contributed by atoms with E-state index in [0.29, 0.717) is 17.8 Å². The zero-order valence-electron chi connectivity index (χ0n) is 15.9. The Hall–Kier alpha value is -3.02. The quantitative estimate of drug-likeness (QED) is 0.661. The van der Waals surface area contributed by atoms with Gasteiger partial charge in [-0.2, -0.15) is 0 Å². The number of pyridine rings is 2. The molecule has 6 nitrogen and oxygen atoms in total. The summed E-state index contributed by atoms with van der Waals surface area (Å²) in [7, 11) is 0. The lowest BCUT2D eigenvalue weighted by Gasteiger charge is -2.19. The molecule has 4 heterocycles. The van der Waals surface area contributed by atoms with Gasteiger partial charge in [-0.05, 0) is 48.1 Å². The summed E-state index contributed by atoms with van der Waals surface area (Å²) in [5.74, 6) is 3.70. The van der Waals surface area contributed by atoms with Crippen LogP contribution >= 0.6 is 0 Å². The Kier molecular flexibility index (Phi) is 4.39. The minimum atomic E-state index is 0.629. The molecule has 2 aliphatic rings. The van der Waals surface area contributed by atoms with Crippen molar-refractivity contribution in [1.82, 2.24) is 19.9 Å². The molecule has 0 aromatic carbocycles. The molecule has 1 unspecified atom stereocenters. The molecule has 6 heteroatoms. The van der Waals surface area contributed by atoms with Gasteiger partial charge in [-0.15, -0.1) is 0 Å². The van der Waals surface area contributed by atoms with Gasteiger partial charge >= 0.3 is 0 Å². The van der Waals surface area contributed by atoms with Gasteiger partial charge in [0, 0.05) is 49.4 Å². The van der Waals surface area contributed by atoms with Crippen molar-refractivity contribution in [3.05, 3.63) is 60.8 Å². The Morgan fingerprint density at radius 1 is 1.00 bits per heavy atom. The lowest BCUT2D eigenvalue weighted by atomic mass is 10.2. The first kappa shape index (κ1) is 17.1. The van der Waals surface area contributed by atoms with Gasteiger partial charge in [0.25, 0.3) is 0 Å². The molecule has 28 heavy (non-hydrogen) atoms. The van der Waals surface area contributed by atoms with Crippen molar-refractivity contribution < 1.29 is 4.74 Å². The molecule has 0 amide bonds. The van der Waals surface area contributed by atoms with Crippen LogP contribution in [0.15, 0.2) is 55.2 Å². The van der Waals surface area contributed by atoms with Crippen LogP contribution in [0.4, 0.5) is 5.95 Å². The van der Waals surface area contributed by atoms with E-state index in [2.05, 4.69) is 31.8 Å². The van der Waals surface area contributed by atoms with Crippen molar-refractivity contribution in [2.45, 2.75) is 13.3 Å². The summed E-state index contributed by atoms with van der Waals surface area (Å²) in [6.45, 7) is 4.94. The Morgan fingerprint density at radius 3 is 2.46 bits per heavy atom. The molecule has 3 atom stereocenters. The predicted octanol–water partition coefficient (Wildman–Crippen LogP) is 3.26. The highest BCUT2D eigenvalue weighted by Crippen LogP contribution is 2.52. The lowest BCUT2D eigenvalue weighted by molar-refractivity contribution is 0.282. The zero-order chi connectivity index (χ0) is 18.9. The van der Waals surface area contributed by atoms with Crippen molar-refractivity contribution in [2.24, 2.45) is 17.8 Å². The molecule has 5 rings (SSSR count). The van der Waals surface area contributed by atoms with Crippen molar-refractivity contribution in [3.63, 3.8) is 0 Å². The second-order valence-corrected chi connectivity index (χ2v) is 7.57. The van der Waals surface area contributed by atoms with E-state index in [4.69, 9.17) is 4.74 Å². The monoisotopic (exact) mass is 373 g/mol. The van der Waals surface area contributed by atoms with E-state index < -0.39 is 0 Å². The maximum atomic E-state index is 6.00. The third-order valence-corrected chi connectivity index (χ3v) is 5.89. The highest BCUT2D eigenvalue weighted by Gasteiger charge is 2.56. The number of aromatic nitrogens is 4. The number of ether oxygens (including phenoxy) is 1. The van der Waals surface area contributed by atoms with Gasteiger partial charge < -0.3 is 9.64 Å². The Labute approximate surface area is 164 Å². The largest absolute Gasteiger partial charge is 0.492 e. The maximum Gasteiger partial charge on any atom is 0.225 e. The summed E-state index contributed by atoms with van der Waals surface area (Å²) in [4.78, 5) is 20.0. The number of hydrogen-bond acceptors (Lipinski definition) is 6. The Bertz CT molecular complexity index is 917. The van der Waals surface area contributed by atoms with Gasteiger partial charge in [-0.1, -0.05) is 6.92 Å². The number of anilines is 1. The topological polar surface area (TPSA) is 64.0 Å². The van der Waals surface area contributed by atoms with E-state index in [1.807, 2.05) is 42.9 Å². The second-order valence-electron chi connectivity index (χ2n) is 7.57. The average molecular weight is 373 g/mol. The van der Waals surface area contributed by atoms with Crippen LogP contribution < -0.4 is 9.64 Å². The summed E-state index contributed by atoms with van der Waals surface area (Å²) < 4.78 is 6.00. The second kappa shape index (κ2) is 7.19. The van der Waals surface area contributed by atoms with Crippen LogP contribution in [0, 0.1) is 17.8 Å². The molecule has 142 valence electrons. The molecule has 2 fully saturated rings. The molecule has 3 aromatic heterocycles. The van der Waals surface area contributed by atoms with E-state index in [0.717, 1.165) is 49.1 Å².